The molecule has 106 valence electrons. The van der Waals surface area contributed by atoms with Crippen molar-refractivity contribution in [3.63, 3.8) is 0 Å². The van der Waals surface area contributed by atoms with E-state index in [-0.39, 0.29) is 12.8 Å². The molecule has 6 heteroatoms. The van der Waals surface area contributed by atoms with Gasteiger partial charge in [-0.05, 0) is 26.0 Å². The van der Waals surface area contributed by atoms with Gasteiger partial charge in [-0.2, -0.15) is 13.2 Å². The van der Waals surface area contributed by atoms with E-state index in [1.165, 1.54) is 0 Å². The van der Waals surface area contributed by atoms with Crippen molar-refractivity contribution in [1.29, 1.82) is 0 Å². The average Bonchev–Trinajstić information content (AvgIpc) is 2.39. The van der Waals surface area contributed by atoms with E-state index in [4.69, 9.17) is 0 Å². The van der Waals surface area contributed by atoms with E-state index in [0.717, 1.165) is 11.3 Å². The molecule has 0 amide bonds. The van der Waals surface area contributed by atoms with Gasteiger partial charge in [0.1, 0.15) is 0 Å². The Balaban J connectivity index is 2.05. The second-order valence-corrected chi connectivity index (χ2v) is 4.84. The van der Waals surface area contributed by atoms with Crippen LogP contribution in [0.3, 0.4) is 0 Å². The molecule has 0 atom stereocenters. The second kappa shape index (κ2) is 5.77. The molecule has 0 spiro atoms. The summed E-state index contributed by atoms with van der Waals surface area (Å²) in [4.78, 5) is 6.09. The number of nitrogens with one attached hydrogen (secondary N) is 1. The standard InChI is InChI=1S/C13H18F3N3/c1-17-8-10-9-18-5-2-12(10)19-6-3-11(4-7-19)13(14,15)16/h2,5,9,11,17H,3-4,6-8H2,1H3. The lowest BCUT2D eigenvalue weighted by molar-refractivity contribution is -0.179. The summed E-state index contributed by atoms with van der Waals surface area (Å²) in [6.45, 7) is 1.57. The second-order valence-electron chi connectivity index (χ2n) is 4.84. The first-order valence-electron chi connectivity index (χ1n) is 6.41. The number of pyridine rings is 1. The van der Waals surface area contributed by atoms with Crippen molar-refractivity contribution >= 4 is 5.69 Å². The molecule has 1 aliphatic heterocycles. The van der Waals surface area contributed by atoms with Crippen molar-refractivity contribution in [2.75, 3.05) is 25.0 Å². The van der Waals surface area contributed by atoms with Crippen LogP contribution in [0.1, 0.15) is 18.4 Å². The van der Waals surface area contributed by atoms with Gasteiger partial charge in [-0.3, -0.25) is 4.98 Å². The molecule has 19 heavy (non-hydrogen) atoms. The summed E-state index contributed by atoms with van der Waals surface area (Å²) in [6, 6.07) is 1.88. The molecule has 1 aromatic heterocycles. The Morgan fingerprint density at radius 3 is 2.63 bits per heavy atom. The molecule has 1 saturated heterocycles. The number of nitrogens with zero attached hydrogens (tertiary/aromatic N) is 2. The average molecular weight is 273 g/mol. The monoisotopic (exact) mass is 273 g/mol. The largest absolute Gasteiger partial charge is 0.391 e. The molecule has 0 saturated carbocycles. The number of piperidine rings is 1. The van der Waals surface area contributed by atoms with E-state index in [1.807, 2.05) is 18.0 Å². The Labute approximate surface area is 110 Å². The van der Waals surface area contributed by atoms with Gasteiger partial charge in [-0.1, -0.05) is 0 Å². The zero-order chi connectivity index (χ0) is 13.9. The Kier molecular flexibility index (Phi) is 4.29. The van der Waals surface area contributed by atoms with Crippen molar-refractivity contribution < 1.29 is 13.2 Å². The normalized spacial score (nSPS) is 17.8. The fourth-order valence-corrected chi connectivity index (χ4v) is 2.50. The van der Waals surface area contributed by atoms with Gasteiger partial charge in [0.2, 0.25) is 0 Å². The highest BCUT2D eigenvalue weighted by atomic mass is 19.4. The van der Waals surface area contributed by atoms with Gasteiger partial charge in [0, 0.05) is 43.3 Å². The summed E-state index contributed by atoms with van der Waals surface area (Å²) in [5, 5.41) is 3.05. The molecule has 1 fully saturated rings. The predicted octanol–water partition coefficient (Wildman–Crippen LogP) is 2.58. The highest BCUT2D eigenvalue weighted by Crippen LogP contribution is 2.35. The van der Waals surface area contributed by atoms with Crippen molar-refractivity contribution in [1.82, 2.24) is 10.3 Å². The predicted molar refractivity (Wildman–Crippen MR) is 68.0 cm³/mol. The van der Waals surface area contributed by atoms with Crippen LogP contribution < -0.4 is 10.2 Å². The van der Waals surface area contributed by atoms with E-state index in [2.05, 4.69) is 10.3 Å². The highest BCUT2D eigenvalue weighted by molar-refractivity contribution is 5.52. The summed E-state index contributed by atoms with van der Waals surface area (Å²) >= 11 is 0. The first kappa shape index (κ1) is 14.1. The summed E-state index contributed by atoms with van der Waals surface area (Å²) in [5.74, 6) is -1.15. The van der Waals surface area contributed by atoms with Gasteiger partial charge in [-0.25, -0.2) is 0 Å². The molecule has 0 bridgehead atoms. The van der Waals surface area contributed by atoms with Gasteiger partial charge in [0.05, 0.1) is 5.92 Å². The lowest BCUT2D eigenvalue weighted by Crippen LogP contribution is -2.39. The van der Waals surface area contributed by atoms with Crippen LogP contribution in [0.5, 0.6) is 0 Å². The van der Waals surface area contributed by atoms with E-state index in [0.29, 0.717) is 19.6 Å². The van der Waals surface area contributed by atoms with E-state index in [9.17, 15) is 13.2 Å². The first-order chi connectivity index (χ1) is 9.02. The lowest BCUT2D eigenvalue weighted by atomic mass is 9.95. The first-order valence-corrected chi connectivity index (χ1v) is 6.41. The van der Waals surface area contributed by atoms with Gasteiger partial charge >= 0.3 is 6.18 Å². The third-order valence-corrected chi connectivity index (χ3v) is 3.54. The molecular formula is C13H18F3N3. The van der Waals surface area contributed by atoms with Crippen LogP contribution >= 0.6 is 0 Å². The fourth-order valence-electron chi connectivity index (χ4n) is 2.50. The summed E-state index contributed by atoms with van der Waals surface area (Å²) < 4.78 is 37.9. The lowest BCUT2D eigenvalue weighted by Gasteiger charge is -2.35. The number of alkyl halides is 3. The molecule has 0 unspecified atom stereocenters. The minimum Gasteiger partial charge on any atom is -0.371 e. The Bertz CT molecular complexity index is 412. The number of halogens is 3. The SMILES string of the molecule is CNCc1cnccc1N1CCC(C(F)(F)F)CC1. The van der Waals surface area contributed by atoms with Crippen LogP contribution in [0.25, 0.3) is 0 Å². The van der Waals surface area contributed by atoms with Crippen LogP contribution in [0, 0.1) is 5.92 Å². The third kappa shape index (κ3) is 3.37. The van der Waals surface area contributed by atoms with E-state index >= 15 is 0 Å². The quantitative estimate of drug-likeness (QED) is 0.917. The van der Waals surface area contributed by atoms with Crippen LogP contribution in [0.4, 0.5) is 18.9 Å². The van der Waals surface area contributed by atoms with Crippen molar-refractivity contribution in [2.24, 2.45) is 5.92 Å². The van der Waals surface area contributed by atoms with E-state index in [1.54, 1.807) is 12.4 Å². The minimum atomic E-state index is -4.06. The van der Waals surface area contributed by atoms with Crippen LogP contribution in [0.15, 0.2) is 18.5 Å². The smallest absolute Gasteiger partial charge is 0.371 e. The maximum Gasteiger partial charge on any atom is 0.391 e. The number of hydrogen-bond acceptors (Lipinski definition) is 3. The van der Waals surface area contributed by atoms with Gasteiger partial charge in [0.15, 0.2) is 0 Å². The zero-order valence-electron chi connectivity index (χ0n) is 10.9. The molecule has 1 aliphatic rings. The maximum atomic E-state index is 12.6. The topological polar surface area (TPSA) is 28.2 Å². The molecule has 1 N–H and O–H groups in total. The van der Waals surface area contributed by atoms with Crippen LogP contribution in [-0.2, 0) is 6.54 Å². The summed E-state index contributed by atoms with van der Waals surface area (Å²) in [7, 11) is 1.84. The van der Waals surface area contributed by atoms with Crippen LogP contribution in [-0.4, -0.2) is 31.3 Å². The number of aromatic nitrogens is 1. The number of hydrogen-bond donors (Lipinski definition) is 1. The van der Waals surface area contributed by atoms with Crippen molar-refractivity contribution in [3.8, 4) is 0 Å². The number of anilines is 1. The molecule has 1 aromatic rings. The minimum absolute atomic E-state index is 0.171. The summed E-state index contributed by atoms with van der Waals surface area (Å²) in [5.41, 5.74) is 2.01. The molecule has 0 radical (unpaired) electrons. The fraction of sp³-hybridized carbons (Fsp3) is 0.615. The molecule has 3 nitrogen and oxygen atoms in total. The molecule has 2 rings (SSSR count). The zero-order valence-corrected chi connectivity index (χ0v) is 10.9. The van der Waals surface area contributed by atoms with Gasteiger partial charge < -0.3 is 10.2 Å². The summed E-state index contributed by atoms with van der Waals surface area (Å²) in [6.07, 6.45) is -0.264. The van der Waals surface area contributed by atoms with Gasteiger partial charge in [-0.15, -0.1) is 0 Å². The Hall–Kier alpha value is -1.30. The van der Waals surface area contributed by atoms with E-state index < -0.39 is 12.1 Å². The van der Waals surface area contributed by atoms with Gasteiger partial charge in [0.25, 0.3) is 0 Å². The molecule has 2 heterocycles. The Morgan fingerprint density at radius 2 is 2.05 bits per heavy atom. The van der Waals surface area contributed by atoms with Crippen LogP contribution in [0.2, 0.25) is 0 Å². The Morgan fingerprint density at radius 1 is 1.37 bits per heavy atom. The molecule has 0 aliphatic carbocycles. The van der Waals surface area contributed by atoms with Crippen molar-refractivity contribution in [3.05, 3.63) is 24.0 Å². The van der Waals surface area contributed by atoms with Crippen molar-refractivity contribution in [2.45, 2.75) is 25.6 Å². The number of rotatable bonds is 3. The molecular weight excluding hydrogens is 255 g/mol. The third-order valence-electron chi connectivity index (χ3n) is 3.54. The maximum absolute atomic E-state index is 12.6. The molecule has 0 aromatic carbocycles. The highest BCUT2D eigenvalue weighted by Gasteiger charge is 2.41.